The summed E-state index contributed by atoms with van der Waals surface area (Å²) in [4.78, 5) is 24.4. The highest BCUT2D eigenvalue weighted by molar-refractivity contribution is 9.10. The Kier molecular flexibility index (Phi) is 5.97. The molecule has 0 aliphatic rings. The van der Waals surface area contributed by atoms with E-state index in [0.717, 1.165) is 10.6 Å². The van der Waals surface area contributed by atoms with E-state index in [9.17, 15) is 18.4 Å². The van der Waals surface area contributed by atoms with E-state index in [2.05, 4.69) is 30.9 Å². The molecule has 1 heterocycles. The summed E-state index contributed by atoms with van der Waals surface area (Å²) in [5.41, 5.74) is 0.170. The average Bonchev–Trinajstić information content (AvgIpc) is 3.04. The minimum absolute atomic E-state index is 0.0149. The minimum atomic E-state index is -0.969. The molecule has 1 N–H and O–H groups in total. The second-order valence-corrected chi connectivity index (χ2v) is 6.57. The Morgan fingerprint density at radius 2 is 1.93 bits per heavy atom. The van der Waals surface area contributed by atoms with Gasteiger partial charge in [0, 0.05) is 16.1 Å². The van der Waals surface area contributed by atoms with Crippen LogP contribution in [-0.2, 0) is 11.3 Å². The molecule has 0 unspecified atom stereocenters. The SMILES string of the molecule is COc1ccc(-c2noc(=O)n2CC(=O)Nc2c(F)cc(F)cc2Br)cc1OC. The number of halogens is 3. The highest BCUT2D eigenvalue weighted by Gasteiger charge is 2.19. The van der Waals surface area contributed by atoms with Crippen molar-refractivity contribution in [3.8, 4) is 22.9 Å². The first kappa shape index (κ1) is 20.5. The highest BCUT2D eigenvalue weighted by atomic mass is 79.9. The predicted molar refractivity (Wildman–Crippen MR) is 102 cm³/mol. The zero-order valence-corrected chi connectivity index (χ0v) is 16.7. The molecule has 1 aromatic heterocycles. The first-order chi connectivity index (χ1) is 13.8. The Balaban J connectivity index is 1.89. The number of carbonyl (C=O) groups is 1. The molecule has 0 saturated heterocycles. The number of rotatable bonds is 6. The number of nitrogens with one attached hydrogen (secondary N) is 1. The van der Waals surface area contributed by atoms with Crippen molar-refractivity contribution >= 4 is 27.5 Å². The quantitative estimate of drug-likeness (QED) is 0.595. The molecule has 1 amide bonds. The third-order valence-electron chi connectivity index (χ3n) is 3.90. The molecular formula is C18H14BrF2N3O5. The molecule has 3 rings (SSSR count). The molecule has 0 spiro atoms. The van der Waals surface area contributed by atoms with E-state index in [4.69, 9.17) is 9.47 Å². The number of carbonyl (C=O) groups excluding carboxylic acids is 1. The Labute approximate surface area is 171 Å². The van der Waals surface area contributed by atoms with Crippen LogP contribution in [0.15, 0.2) is 44.1 Å². The minimum Gasteiger partial charge on any atom is -0.493 e. The molecular weight excluding hydrogens is 456 g/mol. The van der Waals surface area contributed by atoms with Crippen LogP contribution in [0.1, 0.15) is 0 Å². The summed E-state index contributed by atoms with van der Waals surface area (Å²) >= 11 is 2.98. The fraction of sp³-hybridized carbons (Fsp3) is 0.167. The van der Waals surface area contributed by atoms with Crippen LogP contribution in [0.4, 0.5) is 14.5 Å². The lowest BCUT2D eigenvalue weighted by Crippen LogP contribution is -2.26. The van der Waals surface area contributed by atoms with Gasteiger partial charge in [0.05, 0.1) is 19.9 Å². The van der Waals surface area contributed by atoms with E-state index in [0.29, 0.717) is 23.1 Å². The van der Waals surface area contributed by atoms with Gasteiger partial charge in [-0.1, -0.05) is 5.16 Å². The molecule has 152 valence electrons. The zero-order valence-electron chi connectivity index (χ0n) is 15.2. The van der Waals surface area contributed by atoms with Gasteiger partial charge >= 0.3 is 5.76 Å². The van der Waals surface area contributed by atoms with Crippen LogP contribution in [0, 0.1) is 11.6 Å². The van der Waals surface area contributed by atoms with Gasteiger partial charge in [-0.3, -0.25) is 9.32 Å². The van der Waals surface area contributed by atoms with Gasteiger partial charge in [0.2, 0.25) is 5.91 Å². The van der Waals surface area contributed by atoms with E-state index < -0.39 is 29.8 Å². The van der Waals surface area contributed by atoms with Gasteiger partial charge in [-0.2, -0.15) is 0 Å². The Morgan fingerprint density at radius 3 is 2.59 bits per heavy atom. The predicted octanol–water partition coefficient (Wildman–Crippen LogP) is 3.20. The summed E-state index contributed by atoms with van der Waals surface area (Å²) in [6.07, 6.45) is 0. The first-order valence-electron chi connectivity index (χ1n) is 8.07. The van der Waals surface area contributed by atoms with Crippen molar-refractivity contribution < 1.29 is 27.6 Å². The summed E-state index contributed by atoms with van der Waals surface area (Å²) in [5, 5.41) is 5.98. The second-order valence-electron chi connectivity index (χ2n) is 5.72. The first-order valence-corrected chi connectivity index (χ1v) is 8.86. The molecule has 0 bridgehead atoms. The monoisotopic (exact) mass is 469 g/mol. The summed E-state index contributed by atoms with van der Waals surface area (Å²) in [6.45, 7) is -0.519. The van der Waals surface area contributed by atoms with Crippen LogP contribution < -0.4 is 20.5 Å². The molecule has 8 nitrogen and oxygen atoms in total. The lowest BCUT2D eigenvalue weighted by Gasteiger charge is -2.11. The van der Waals surface area contributed by atoms with E-state index in [-0.39, 0.29) is 16.0 Å². The fourth-order valence-corrected chi connectivity index (χ4v) is 3.08. The van der Waals surface area contributed by atoms with Crippen LogP contribution in [-0.4, -0.2) is 29.9 Å². The molecule has 29 heavy (non-hydrogen) atoms. The largest absolute Gasteiger partial charge is 0.493 e. The number of amides is 1. The molecule has 0 aliphatic carbocycles. The lowest BCUT2D eigenvalue weighted by atomic mass is 10.2. The smallest absolute Gasteiger partial charge is 0.442 e. The third kappa shape index (κ3) is 4.29. The van der Waals surface area contributed by atoms with Crippen molar-refractivity contribution in [2.24, 2.45) is 0 Å². The van der Waals surface area contributed by atoms with Gasteiger partial charge in [-0.25, -0.2) is 18.1 Å². The van der Waals surface area contributed by atoms with Crippen molar-refractivity contribution in [3.05, 3.63) is 57.0 Å². The van der Waals surface area contributed by atoms with E-state index in [1.54, 1.807) is 18.2 Å². The Bertz CT molecular complexity index is 1110. The van der Waals surface area contributed by atoms with Gasteiger partial charge < -0.3 is 14.8 Å². The van der Waals surface area contributed by atoms with Gasteiger partial charge in [0.25, 0.3) is 0 Å². The number of hydrogen-bond donors (Lipinski definition) is 1. The molecule has 3 aromatic rings. The Morgan fingerprint density at radius 1 is 1.21 bits per heavy atom. The number of benzene rings is 2. The summed E-state index contributed by atoms with van der Waals surface area (Å²) in [7, 11) is 2.92. The lowest BCUT2D eigenvalue weighted by molar-refractivity contribution is -0.116. The third-order valence-corrected chi connectivity index (χ3v) is 4.53. The van der Waals surface area contributed by atoms with Crippen molar-refractivity contribution in [1.82, 2.24) is 9.72 Å². The summed E-state index contributed by atoms with van der Waals surface area (Å²) < 4.78 is 43.1. The number of methoxy groups -OCH3 is 2. The van der Waals surface area contributed by atoms with Gasteiger partial charge in [0.15, 0.2) is 23.1 Å². The van der Waals surface area contributed by atoms with Crippen molar-refractivity contribution in [1.29, 1.82) is 0 Å². The van der Waals surface area contributed by atoms with Crippen molar-refractivity contribution in [2.75, 3.05) is 19.5 Å². The molecule has 0 aliphatic heterocycles. The van der Waals surface area contributed by atoms with Crippen molar-refractivity contribution in [2.45, 2.75) is 6.54 Å². The molecule has 0 saturated carbocycles. The van der Waals surface area contributed by atoms with Crippen LogP contribution in [0.3, 0.4) is 0 Å². The van der Waals surface area contributed by atoms with E-state index in [1.165, 1.54) is 14.2 Å². The van der Waals surface area contributed by atoms with Crippen LogP contribution in [0.5, 0.6) is 11.5 Å². The fourth-order valence-electron chi connectivity index (χ4n) is 2.57. The van der Waals surface area contributed by atoms with Crippen LogP contribution in [0.25, 0.3) is 11.4 Å². The maximum absolute atomic E-state index is 13.9. The van der Waals surface area contributed by atoms with Gasteiger partial charge in [-0.05, 0) is 40.2 Å². The average molecular weight is 470 g/mol. The maximum Gasteiger partial charge on any atom is 0.442 e. The number of anilines is 1. The van der Waals surface area contributed by atoms with Crippen molar-refractivity contribution in [3.63, 3.8) is 0 Å². The molecule has 0 fully saturated rings. The normalized spacial score (nSPS) is 10.7. The van der Waals surface area contributed by atoms with E-state index in [1.807, 2.05) is 0 Å². The topological polar surface area (TPSA) is 95.6 Å². The number of ether oxygens (including phenoxy) is 2. The Hall–Kier alpha value is -3.21. The molecule has 11 heteroatoms. The van der Waals surface area contributed by atoms with Gasteiger partial charge in [0.1, 0.15) is 12.4 Å². The van der Waals surface area contributed by atoms with E-state index >= 15 is 0 Å². The summed E-state index contributed by atoms with van der Waals surface area (Å²) in [5.74, 6) is -2.50. The second kappa shape index (κ2) is 8.43. The van der Waals surface area contributed by atoms with Crippen LogP contribution >= 0.6 is 15.9 Å². The molecule has 2 aromatic carbocycles. The standard InChI is InChI=1S/C18H14BrF2N3O5/c1-27-13-4-3-9(5-14(13)28-2)17-23-29-18(26)24(17)8-15(25)22-16-11(19)6-10(20)7-12(16)21/h3-7H,8H2,1-2H3,(H,22,25). The molecule has 0 atom stereocenters. The van der Waals surface area contributed by atoms with Crippen LogP contribution in [0.2, 0.25) is 0 Å². The molecule has 0 radical (unpaired) electrons. The van der Waals surface area contributed by atoms with Gasteiger partial charge in [-0.15, -0.1) is 0 Å². The maximum atomic E-state index is 13.9. The summed E-state index contributed by atoms with van der Waals surface area (Å²) in [6, 6.07) is 6.38. The number of hydrogen-bond acceptors (Lipinski definition) is 6. The highest BCUT2D eigenvalue weighted by Crippen LogP contribution is 2.31. The number of nitrogens with zero attached hydrogens (tertiary/aromatic N) is 2. The number of aromatic nitrogens is 2. The zero-order chi connectivity index (χ0) is 21.1.